The third-order valence-corrected chi connectivity index (χ3v) is 2.97. The van der Waals surface area contributed by atoms with Crippen molar-refractivity contribution in [3.63, 3.8) is 0 Å². The van der Waals surface area contributed by atoms with Gasteiger partial charge in [-0.1, -0.05) is 65.8 Å². The lowest BCUT2D eigenvalue weighted by molar-refractivity contribution is 0.167. The highest BCUT2D eigenvalue weighted by Gasteiger charge is 2.23. The number of nitrogens with zero attached hydrogens (tertiary/aromatic N) is 1. The molecule has 2 rings (SSSR count). The van der Waals surface area contributed by atoms with Crippen LogP contribution in [0.25, 0.3) is 0 Å². The van der Waals surface area contributed by atoms with Crippen LogP contribution in [-0.4, -0.2) is 22.1 Å². The molecular weight excluding hydrogens is 240 g/mol. The topological polar surface area (TPSA) is 78.8 Å². The van der Waals surface area contributed by atoms with Crippen molar-refractivity contribution in [2.24, 2.45) is 10.9 Å². The quantitative estimate of drug-likeness (QED) is 0.444. The molecule has 0 saturated heterocycles. The van der Waals surface area contributed by atoms with Gasteiger partial charge in [0, 0.05) is 5.56 Å². The third kappa shape index (κ3) is 2.99. The molecule has 0 saturated carbocycles. The summed E-state index contributed by atoms with van der Waals surface area (Å²) >= 11 is 0. The van der Waals surface area contributed by atoms with Gasteiger partial charge < -0.3 is 16.0 Å². The van der Waals surface area contributed by atoms with Crippen LogP contribution < -0.4 is 5.73 Å². The highest BCUT2D eigenvalue weighted by Crippen LogP contribution is 2.18. The summed E-state index contributed by atoms with van der Waals surface area (Å²) < 4.78 is 0. The first kappa shape index (κ1) is 13.3. The van der Waals surface area contributed by atoms with E-state index in [1.807, 2.05) is 36.4 Å². The van der Waals surface area contributed by atoms with E-state index in [1.165, 1.54) is 0 Å². The van der Waals surface area contributed by atoms with Gasteiger partial charge in [0.05, 0.1) is 12.1 Å². The van der Waals surface area contributed by atoms with Gasteiger partial charge in [-0.05, 0) is 5.56 Å². The van der Waals surface area contributed by atoms with Gasteiger partial charge in [-0.2, -0.15) is 0 Å². The highest BCUT2D eigenvalue weighted by molar-refractivity contribution is 6.04. The van der Waals surface area contributed by atoms with E-state index in [9.17, 15) is 5.11 Å². The van der Waals surface area contributed by atoms with Crippen LogP contribution in [0.15, 0.2) is 65.8 Å². The second kappa shape index (κ2) is 6.13. The monoisotopic (exact) mass is 256 g/mol. The molecule has 4 heteroatoms. The summed E-state index contributed by atoms with van der Waals surface area (Å²) in [5.41, 5.74) is 7.63. The molecule has 0 aliphatic carbocycles. The largest absolute Gasteiger partial charge is 0.411 e. The van der Waals surface area contributed by atoms with Crippen molar-refractivity contribution in [1.29, 1.82) is 0 Å². The summed E-state index contributed by atoms with van der Waals surface area (Å²) in [6.45, 7) is 0. The molecule has 0 heterocycles. The zero-order valence-corrected chi connectivity index (χ0v) is 10.3. The molecule has 19 heavy (non-hydrogen) atoms. The fourth-order valence-corrected chi connectivity index (χ4v) is 1.93. The van der Waals surface area contributed by atoms with Crippen LogP contribution in [-0.2, 0) is 0 Å². The number of oxime groups is 1. The van der Waals surface area contributed by atoms with E-state index in [-0.39, 0.29) is 5.71 Å². The number of aliphatic hydroxyl groups is 1. The highest BCUT2D eigenvalue weighted by atomic mass is 16.4. The molecule has 0 bridgehead atoms. The van der Waals surface area contributed by atoms with E-state index in [2.05, 4.69) is 5.16 Å². The molecule has 2 aromatic rings. The Morgan fingerprint density at radius 1 is 0.947 bits per heavy atom. The standard InChI is InChI=1S/C15H16N2O2/c16-13(15(18)12-9-5-2-6-10-12)14(17-19)11-7-3-1-4-8-11/h1-10,13,15,18-19H,16H2/b17-14+. The van der Waals surface area contributed by atoms with Crippen LogP contribution in [0.4, 0.5) is 0 Å². The molecule has 2 aromatic carbocycles. The molecule has 0 aromatic heterocycles. The van der Waals surface area contributed by atoms with E-state index in [0.717, 1.165) is 0 Å². The lowest BCUT2D eigenvalue weighted by Gasteiger charge is -2.20. The van der Waals surface area contributed by atoms with E-state index in [0.29, 0.717) is 11.1 Å². The average Bonchev–Trinajstić information content (AvgIpc) is 2.49. The van der Waals surface area contributed by atoms with Crippen LogP contribution in [0.3, 0.4) is 0 Å². The van der Waals surface area contributed by atoms with Crippen molar-refractivity contribution in [2.45, 2.75) is 12.1 Å². The minimum atomic E-state index is -0.924. The fraction of sp³-hybridized carbons (Fsp3) is 0.133. The Morgan fingerprint density at radius 2 is 1.47 bits per heavy atom. The molecule has 0 fully saturated rings. The molecular formula is C15H16N2O2. The Balaban J connectivity index is 2.25. The number of hydrogen-bond donors (Lipinski definition) is 3. The maximum atomic E-state index is 10.2. The summed E-state index contributed by atoms with van der Waals surface area (Å²) in [6, 6.07) is 17.3. The molecule has 98 valence electrons. The van der Waals surface area contributed by atoms with Gasteiger partial charge in [0.25, 0.3) is 0 Å². The molecule has 4 nitrogen and oxygen atoms in total. The van der Waals surface area contributed by atoms with Gasteiger partial charge in [0.1, 0.15) is 5.71 Å². The van der Waals surface area contributed by atoms with Crippen molar-refractivity contribution in [3.8, 4) is 0 Å². The number of hydrogen-bond acceptors (Lipinski definition) is 4. The van der Waals surface area contributed by atoms with E-state index < -0.39 is 12.1 Å². The Morgan fingerprint density at radius 3 is 2.00 bits per heavy atom. The molecule has 2 unspecified atom stereocenters. The maximum absolute atomic E-state index is 10.2. The maximum Gasteiger partial charge on any atom is 0.106 e. The van der Waals surface area contributed by atoms with Crippen molar-refractivity contribution in [3.05, 3.63) is 71.8 Å². The van der Waals surface area contributed by atoms with Crippen LogP contribution in [0.5, 0.6) is 0 Å². The summed E-state index contributed by atoms with van der Waals surface area (Å²) in [5, 5.41) is 22.6. The molecule has 0 aliphatic heterocycles. The second-order valence-corrected chi connectivity index (χ2v) is 4.23. The van der Waals surface area contributed by atoms with Crippen molar-refractivity contribution < 1.29 is 10.3 Å². The van der Waals surface area contributed by atoms with Crippen molar-refractivity contribution in [2.75, 3.05) is 0 Å². The summed E-state index contributed by atoms with van der Waals surface area (Å²) in [6.07, 6.45) is -0.924. The van der Waals surface area contributed by atoms with E-state index in [1.54, 1.807) is 24.3 Å². The number of nitrogens with two attached hydrogens (primary N) is 1. The number of benzene rings is 2. The first-order valence-corrected chi connectivity index (χ1v) is 6.00. The minimum absolute atomic E-state index is 0.261. The van der Waals surface area contributed by atoms with Crippen molar-refractivity contribution >= 4 is 5.71 Å². The third-order valence-electron chi connectivity index (χ3n) is 2.97. The van der Waals surface area contributed by atoms with Crippen LogP contribution in [0.2, 0.25) is 0 Å². The number of aliphatic hydroxyl groups excluding tert-OH is 1. The molecule has 0 aliphatic rings. The SMILES string of the molecule is NC(/C(=N/O)c1ccccc1)C(O)c1ccccc1. The Labute approximate surface area is 111 Å². The molecule has 0 spiro atoms. The zero-order chi connectivity index (χ0) is 13.7. The normalized spacial score (nSPS) is 14.9. The predicted octanol–water partition coefficient (Wildman–Crippen LogP) is 1.93. The second-order valence-electron chi connectivity index (χ2n) is 4.23. The first-order valence-electron chi connectivity index (χ1n) is 6.00. The Hall–Kier alpha value is -2.17. The molecule has 0 radical (unpaired) electrons. The van der Waals surface area contributed by atoms with Gasteiger partial charge in [-0.3, -0.25) is 0 Å². The average molecular weight is 256 g/mol. The molecule has 4 N–H and O–H groups in total. The van der Waals surface area contributed by atoms with Crippen LogP contribution in [0.1, 0.15) is 17.2 Å². The lowest BCUT2D eigenvalue weighted by atomic mass is 9.95. The predicted molar refractivity (Wildman–Crippen MR) is 74.1 cm³/mol. The van der Waals surface area contributed by atoms with Gasteiger partial charge >= 0.3 is 0 Å². The smallest absolute Gasteiger partial charge is 0.106 e. The Bertz CT molecular complexity index is 541. The van der Waals surface area contributed by atoms with Crippen LogP contribution >= 0.6 is 0 Å². The van der Waals surface area contributed by atoms with Gasteiger partial charge in [0.15, 0.2) is 0 Å². The summed E-state index contributed by atoms with van der Waals surface area (Å²) in [5.74, 6) is 0. The number of rotatable bonds is 4. The zero-order valence-electron chi connectivity index (χ0n) is 10.3. The fourth-order valence-electron chi connectivity index (χ4n) is 1.93. The first-order chi connectivity index (χ1) is 9.24. The van der Waals surface area contributed by atoms with Gasteiger partial charge in [0.2, 0.25) is 0 Å². The van der Waals surface area contributed by atoms with E-state index >= 15 is 0 Å². The molecule has 2 atom stereocenters. The van der Waals surface area contributed by atoms with Crippen molar-refractivity contribution in [1.82, 2.24) is 0 Å². The Kier molecular flexibility index (Phi) is 4.28. The summed E-state index contributed by atoms with van der Waals surface area (Å²) in [4.78, 5) is 0. The minimum Gasteiger partial charge on any atom is -0.411 e. The lowest BCUT2D eigenvalue weighted by Crippen LogP contribution is -2.37. The van der Waals surface area contributed by atoms with E-state index in [4.69, 9.17) is 10.9 Å². The van der Waals surface area contributed by atoms with Crippen LogP contribution in [0, 0.1) is 0 Å². The molecule has 0 amide bonds. The van der Waals surface area contributed by atoms with Gasteiger partial charge in [-0.15, -0.1) is 0 Å². The summed E-state index contributed by atoms with van der Waals surface area (Å²) in [7, 11) is 0. The van der Waals surface area contributed by atoms with Gasteiger partial charge in [-0.25, -0.2) is 0 Å².